The Balaban J connectivity index is 0.00000320. The highest BCUT2D eigenvalue weighted by Gasteiger charge is 2.33. The van der Waals surface area contributed by atoms with Crippen molar-refractivity contribution in [3.8, 4) is 0 Å². The number of hydrogen-bond donors (Lipinski definition) is 2. The van der Waals surface area contributed by atoms with Gasteiger partial charge in [-0.1, -0.05) is 24.3 Å². The molecule has 2 N–H and O–H groups in total. The number of benzene rings is 1. The van der Waals surface area contributed by atoms with Crippen molar-refractivity contribution < 1.29 is 13.2 Å². The van der Waals surface area contributed by atoms with E-state index in [1.165, 1.54) is 0 Å². The van der Waals surface area contributed by atoms with Crippen molar-refractivity contribution in [2.24, 2.45) is 4.99 Å². The van der Waals surface area contributed by atoms with E-state index in [1.54, 1.807) is 12.5 Å². The van der Waals surface area contributed by atoms with Crippen LogP contribution in [0.25, 0.3) is 0 Å². The summed E-state index contributed by atoms with van der Waals surface area (Å²) in [6, 6.07) is 8.08. The lowest BCUT2D eigenvalue weighted by molar-refractivity contribution is -0.140. The molecule has 0 fully saturated rings. The van der Waals surface area contributed by atoms with E-state index in [1.807, 2.05) is 35.9 Å². The van der Waals surface area contributed by atoms with Crippen LogP contribution in [0.2, 0.25) is 0 Å². The average molecular weight is 550 g/mol. The standard InChI is InChI=1S/C19H21F3N6S.HI/c1-2-24-18(26-10-17-27-16(12-29-17)19(20,21)22)25-9-14-4-3-5-15(8-14)11-28-7-6-23-13-28;/h3-8,12-13H,2,9-11H2,1H3,(H2,24,25,26);1H. The maximum absolute atomic E-state index is 12.7. The van der Waals surface area contributed by atoms with Gasteiger partial charge in [0.2, 0.25) is 0 Å². The van der Waals surface area contributed by atoms with Crippen LogP contribution in [0.1, 0.15) is 28.8 Å². The Hall–Kier alpha value is -2.15. The first kappa shape index (κ1) is 24.1. The van der Waals surface area contributed by atoms with Gasteiger partial charge in [-0.15, -0.1) is 35.3 Å². The van der Waals surface area contributed by atoms with Crippen molar-refractivity contribution in [2.75, 3.05) is 6.54 Å². The van der Waals surface area contributed by atoms with Gasteiger partial charge in [0.25, 0.3) is 0 Å². The number of guanidine groups is 1. The highest BCUT2D eigenvalue weighted by molar-refractivity contribution is 14.0. The lowest BCUT2D eigenvalue weighted by Crippen LogP contribution is -2.36. The molecule has 0 aliphatic carbocycles. The summed E-state index contributed by atoms with van der Waals surface area (Å²) in [7, 11) is 0. The van der Waals surface area contributed by atoms with E-state index in [0.29, 0.717) is 24.1 Å². The van der Waals surface area contributed by atoms with Crippen LogP contribution in [-0.2, 0) is 25.8 Å². The zero-order valence-corrected chi connectivity index (χ0v) is 19.3. The lowest BCUT2D eigenvalue weighted by Gasteiger charge is -2.10. The summed E-state index contributed by atoms with van der Waals surface area (Å²) in [5, 5.41) is 7.50. The molecule has 2 aromatic heterocycles. The SMILES string of the molecule is CCNC(=NCc1cccc(Cn2ccnc2)c1)NCc1nc(C(F)(F)F)cs1.I. The van der Waals surface area contributed by atoms with Crippen LogP contribution in [0.3, 0.4) is 0 Å². The van der Waals surface area contributed by atoms with Crippen molar-refractivity contribution in [2.45, 2.75) is 32.7 Å². The number of alkyl halides is 3. The number of aromatic nitrogens is 3. The quantitative estimate of drug-likeness (QED) is 0.262. The molecule has 3 rings (SSSR count). The molecule has 11 heteroatoms. The Labute approximate surface area is 193 Å². The van der Waals surface area contributed by atoms with Gasteiger partial charge in [-0.05, 0) is 18.1 Å². The Morgan fingerprint density at radius 2 is 2.03 bits per heavy atom. The van der Waals surface area contributed by atoms with Crippen LogP contribution in [0.4, 0.5) is 13.2 Å². The van der Waals surface area contributed by atoms with E-state index in [9.17, 15) is 13.2 Å². The predicted octanol–water partition coefficient (Wildman–Crippen LogP) is 4.28. The molecule has 0 aliphatic rings. The van der Waals surface area contributed by atoms with Crippen LogP contribution < -0.4 is 10.6 Å². The Morgan fingerprint density at radius 1 is 1.23 bits per heavy atom. The van der Waals surface area contributed by atoms with Crippen molar-refractivity contribution in [3.63, 3.8) is 0 Å². The third-order valence-electron chi connectivity index (χ3n) is 3.93. The van der Waals surface area contributed by atoms with Gasteiger partial charge < -0.3 is 15.2 Å². The summed E-state index contributed by atoms with van der Waals surface area (Å²) in [4.78, 5) is 12.2. The van der Waals surface area contributed by atoms with E-state index in [-0.39, 0.29) is 30.5 Å². The van der Waals surface area contributed by atoms with Crippen LogP contribution >= 0.6 is 35.3 Å². The summed E-state index contributed by atoms with van der Waals surface area (Å²) >= 11 is 0.971. The highest BCUT2D eigenvalue weighted by Crippen LogP contribution is 2.29. The molecule has 0 saturated carbocycles. The second-order valence-electron chi connectivity index (χ2n) is 6.23. The largest absolute Gasteiger partial charge is 0.434 e. The third kappa shape index (κ3) is 7.27. The molecule has 1 aromatic carbocycles. The molecule has 6 nitrogen and oxygen atoms in total. The molecule has 0 saturated heterocycles. The fourth-order valence-corrected chi connectivity index (χ4v) is 3.35. The predicted molar refractivity (Wildman–Crippen MR) is 122 cm³/mol. The number of imidazole rings is 1. The van der Waals surface area contributed by atoms with E-state index < -0.39 is 11.9 Å². The monoisotopic (exact) mass is 550 g/mol. The summed E-state index contributed by atoms with van der Waals surface area (Å²) < 4.78 is 40.0. The summed E-state index contributed by atoms with van der Waals surface area (Å²) in [6.45, 7) is 3.90. The number of aliphatic imine (C=N–C) groups is 1. The minimum absolute atomic E-state index is 0. The van der Waals surface area contributed by atoms with Crippen LogP contribution in [-0.4, -0.2) is 27.0 Å². The third-order valence-corrected chi connectivity index (χ3v) is 4.78. The average Bonchev–Trinajstić information content (AvgIpc) is 3.36. The first-order valence-corrected chi connectivity index (χ1v) is 9.89. The molecular formula is C19H22F3IN6S. The summed E-state index contributed by atoms with van der Waals surface area (Å²) in [5.74, 6) is 0.524. The molecule has 162 valence electrons. The maximum atomic E-state index is 12.7. The number of rotatable bonds is 7. The molecule has 0 aliphatic heterocycles. The molecule has 0 atom stereocenters. The highest BCUT2D eigenvalue weighted by atomic mass is 127. The van der Waals surface area contributed by atoms with E-state index >= 15 is 0 Å². The topological polar surface area (TPSA) is 67.1 Å². The van der Waals surface area contributed by atoms with Gasteiger partial charge in [0.15, 0.2) is 11.7 Å². The second kappa shape index (κ2) is 11.3. The Bertz CT molecular complexity index is 940. The second-order valence-corrected chi connectivity index (χ2v) is 7.17. The lowest BCUT2D eigenvalue weighted by atomic mass is 10.1. The minimum atomic E-state index is -4.42. The van der Waals surface area contributed by atoms with Crippen LogP contribution in [0.5, 0.6) is 0 Å². The zero-order chi connectivity index (χ0) is 20.7. The molecule has 3 aromatic rings. The van der Waals surface area contributed by atoms with Gasteiger partial charge in [-0.3, -0.25) is 0 Å². The fraction of sp³-hybridized carbons (Fsp3) is 0.316. The van der Waals surface area contributed by atoms with Gasteiger partial charge in [0.1, 0.15) is 5.01 Å². The normalized spacial score (nSPS) is 11.8. The number of halogens is 4. The fourth-order valence-electron chi connectivity index (χ4n) is 2.61. The molecule has 0 radical (unpaired) electrons. The van der Waals surface area contributed by atoms with Gasteiger partial charge in [-0.25, -0.2) is 15.0 Å². The minimum Gasteiger partial charge on any atom is -0.357 e. The molecular weight excluding hydrogens is 528 g/mol. The summed E-state index contributed by atoms with van der Waals surface area (Å²) in [6.07, 6.45) is 0.985. The van der Waals surface area contributed by atoms with Gasteiger partial charge >= 0.3 is 6.18 Å². The first-order valence-electron chi connectivity index (χ1n) is 9.01. The zero-order valence-electron chi connectivity index (χ0n) is 16.2. The molecule has 0 amide bonds. The Kier molecular flexibility index (Phi) is 9.08. The van der Waals surface area contributed by atoms with Gasteiger partial charge in [-0.2, -0.15) is 13.2 Å². The van der Waals surface area contributed by atoms with E-state index in [0.717, 1.165) is 34.4 Å². The van der Waals surface area contributed by atoms with Crippen LogP contribution in [0.15, 0.2) is 53.4 Å². The Morgan fingerprint density at radius 3 is 2.70 bits per heavy atom. The van der Waals surface area contributed by atoms with Crippen molar-refractivity contribution in [1.29, 1.82) is 0 Å². The molecule has 0 bridgehead atoms. The maximum Gasteiger partial charge on any atom is 0.434 e. The summed E-state index contributed by atoms with van der Waals surface area (Å²) in [5.41, 5.74) is 1.31. The van der Waals surface area contributed by atoms with Gasteiger partial charge in [0.05, 0.1) is 19.4 Å². The number of nitrogens with zero attached hydrogens (tertiary/aromatic N) is 4. The van der Waals surface area contributed by atoms with Crippen LogP contribution in [0, 0.1) is 0 Å². The molecule has 0 unspecified atom stereocenters. The van der Waals surface area contributed by atoms with Crippen molar-refractivity contribution in [1.82, 2.24) is 25.2 Å². The molecule has 0 spiro atoms. The van der Waals surface area contributed by atoms with E-state index in [4.69, 9.17) is 0 Å². The first-order chi connectivity index (χ1) is 13.9. The van der Waals surface area contributed by atoms with Crippen molar-refractivity contribution >= 4 is 41.3 Å². The van der Waals surface area contributed by atoms with E-state index in [2.05, 4.69) is 31.7 Å². The van der Waals surface area contributed by atoms with Crippen molar-refractivity contribution in [3.05, 3.63) is 70.2 Å². The number of thiazole rings is 1. The number of nitrogens with one attached hydrogen (secondary N) is 2. The molecule has 30 heavy (non-hydrogen) atoms. The smallest absolute Gasteiger partial charge is 0.357 e. The number of hydrogen-bond acceptors (Lipinski definition) is 4. The van der Waals surface area contributed by atoms with Gasteiger partial charge in [0, 0.05) is 30.9 Å². The molecule has 2 heterocycles.